The number of hydrogen-bond acceptors (Lipinski definition) is 10. The summed E-state index contributed by atoms with van der Waals surface area (Å²) in [6.45, 7) is 0.704. The number of phenols is 2. The summed E-state index contributed by atoms with van der Waals surface area (Å²) in [4.78, 5) is 24.5. The monoisotopic (exact) mass is 662 g/mol. The van der Waals surface area contributed by atoms with E-state index in [1.165, 1.54) is 33.7 Å². The van der Waals surface area contributed by atoms with Crippen LogP contribution in [0, 0.1) is 0 Å². The molecule has 2 aromatic rings. The first kappa shape index (κ1) is 29.8. The summed E-state index contributed by atoms with van der Waals surface area (Å²) in [7, 11) is 3.00. The van der Waals surface area contributed by atoms with Crippen molar-refractivity contribution < 1.29 is 30.2 Å². The van der Waals surface area contributed by atoms with E-state index in [2.05, 4.69) is 52.8 Å². The quantitative estimate of drug-likeness (QED) is 0.0621. The molecule has 0 saturated heterocycles. The molecule has 0 aliphatic carbocycles. The fraction of sp³-hybridized carbons (Fsp3) is 0.273. The predicted molar refractivity (Wildman–Crippen MR) is 148 cm³/mol. The van der Waals surface area contributed by atoms with Crippen LogP contribution in [0.2, 0.25) is 0 Å². The maximum absolute atomic E-state index is 12.2. The molecule has 0 saturated carbocycles. The molecule has 14 heteroatoms. The van der Waals surface area contributed by atoms with Crippen molar-refractivity contribution in [1.82, 2.24) is 10.6 Å². The molecule has 0 atom stereocenters. The fourth-order valence-corrected chi connectivity index (χ4v) is 5.43. The molecule has 194 valence electrons. The van der Waals surface area contributed by atoms with Gasteiger partial charge in [-0.25, -0.2) is 0 Å². The number of hydrogen-bond donors (Lipinski definition) is 6. The van der Waals surface area contributed by atoms with Gasteiger partial charge in [0.05, 0.1) is 8.95 Å². The van der Waals surface area contributed by atoms with Crippen LogP contribution in [0.4, 0.5) is 0 Å². The normalized spacial score (nSPS) is 11.8. The first-order valence-corrected chi connectivity index (χ1v) is 14.5. The third-order valence-corrected chi connectivity index (χ3v) is 8.24. The molecule has 2 amide bonds. The van der Waals surface area contributed by atoms with Gasteiger partial charge in [-0.1, -0.05) is 44.0 Å². The van der Waals surface area contributed by atoms with Gasteiger partial charge in [0.25, 0.3) is 11.8 Å². The Hall–Kier alpha value is -2.42. The Morgan fingerprint density at radius 1 is 0.750 bits per heavy atom. The molecule has 2 aromatic carbocycles. The second-order valence-corrected chi connectivity index (χ2v) is 11.6. The minimum Gasteiger partial charge on any atom is -0.507 e. The Balaban J connectivity index is 1.62. The van der Waals surface area contributed by atoms with Crippen molar-refractivity contribution in [2.45, 2.75) is 12.8 Å². The van der Waals surface area contributed by atoms with Gasteiger partial charge in [0.1, 0.15) is 22.9 Å². The van der Waals surface area contributed by atoms with Crippen LogP contribution < -0.4 is 10.6 Å². The molecule has 36 heavy (non-hydrogen) atoms. The summed E-state index contributed by atoms with van der Waals surface area (Å²) in [5.41, 5.74) is 1.29. The van der Waals surface area contributed by atoms with Crippen molar-refractivity contribution in [3.05, 3.63) is 56.5 Å². The van der Waals surface area contributed by atoms with Crippen LogP contribution in [0.25, 0.3) is 0 Å². The Morgan fingerprint density at radius 3 is 1.47 bits per heavy atom. The zero-order valence-electron chi connectivity index (χ0n) is 18.8. The van der Waals surface area contributed by atoms with Crippen LogP contribution in [0.5, 0.6) is 11.5 Å². The van der Waals surface area contributed by atoms with Crippen molar-refractivity contribution in [2.24, 2.45) is 10.3 Å². The molecular weight excluding hydrogens is 640 g/mol. The number of nitrogens with zero attached hydrogens (tertiary/aromatic N) is 2. The zero-order valence-corrected chi connectivity index (χ0v) is 23.6. The van der Waals surface area contributed by atoms with E-state index in [0.29, 0.717) is 44.7 Å². The standard InChI is InChI=1S/C22H24Br2N4O6S2/c23-15-9-13(1-3-19(15)29)11-17(27-33)21(31)25-5-7-35-36-8-6-26-22(32)18(28-34)12-14-2-4-20(30)16(24)10-14/h1-4,9-10,29-30,33-34H,5-8,11-12H2,(H,25,31)(H,26,32)/b27-17-,28-18+. The SMILES string of the molecule is O=C(NCCSSCCNC(=O)/C(Cc1ccc(O)c(Br)c1)=N/O)/C(Cc1ccc(O)c(Br)c1)=N\O. The summed E-state index contributed by atoms with van der Waals surface area (Å²) >= 11 is 6.40. The number of carbonyl (C=O) groups excluding carboxylic acids is 2. The minimum atomic E-state index is -0.490. The molecule has 0 aliphatic heterocycles. The molecule has 0 bridgehead atoms. The molecule has 10 nitrogen and oxygen atoms in total. The molecular formula is C22H24Br2N4O6S2. The number of carbonyl (C=O) groups is 2. The van der Waals surface area contributed by atoms with Crippen LogP contribution in [-0.4, -0.2) is 68.5 Å². The molecule has 0 heterocycles. The summed E-state index contributed by atoms with van der Waals surface area (Å²) in [6, 6.07) is 9.50. The molecule has 0 spiro atoms. The smallest absolute Gasteiger partial charge is 0.269 e. The highest BCUT2D eigenvalue weighted by atomic mass is 79.9. The van der Waals surface area contributed by atoms with Crippen molar-refractivity contribution in [3.63, 3.8) is 0 Å². The van der Waals surface area contributed by atoms with Gasteiger partial charge in [-0.2, -0.15) is 0 Å². The number of aromatic hydroxyl groups is 2. The number of benzene rings is 2. The largest absolute Gasteiger partial charge is 0.507 e. The molecule has 0 radical (unpaired) electrons. The topological polar surface area (TPSA) is 164 Å². The van der Waals surface area contributed by atoms with Gasteiger partial charge in [-0.15, -0.1) is 0 Å². The van der Waals surface area contributed by atoms with Gasteiger partial charge in [-0.3, -0.25) is 9.59 Å². The van der Waals surface area contributed by atoms with Crippen LogP contribution in [-0.2, 0) is 22.4 Å². The minimum absolute atomic E-state index is 0.0473. The second kappa shape index (κ2) is 15.6. The Labute approximate surface area is 232 Å². The predicted octanol–water partition coefficient (Wildman–Crippen LogP) is 3.68. The lowest BCUT2D eigenvalue weighted by atomic mass is 10.1. The van der Waals surface area contributed by atoms with E-state index in [0.717, 1.165) is 0 Å². The van der Waals surface area contributed by atoms with Gasteiger partial charge >= 0.3 is 0 Å². The van der Waals surface area contributed by atoms with E-state index in [9.17, 15) is 30.2 Å². The van der Waals surface area contributed by atoms with Gasteiger partial charge in [0, 0.05) is 37.4 Å². The van der Waals surface area contributed by atoms with Crippen molar-refractivity contribution in [3.8, 4) is 11.5 Å². The van der Waals surface area contributed by atoms with E-state index in [4.69, 9.17) is 0 Å². The van der Waals surface area contributed by atoms with Gasteiger partial charge in [0.2, 0.25) is 0 Å². The highest BCUT2D eigenvalue weighted by Crippen LogP contribution is 2.25. The Bertz CT molecular complexity index is 1050. The maximum Gasteiger partial charge on any atom is 0.269 e. The maximum atomic E-state index is 12.2. The van der Waals surface area contributed by atoms with Crippen molar-refractivity contribution in [1.29, 1.82) is 0 Å². The molecule has 6 N–H and O–H groups in total. The van der Waals surface area contributed by atoms with Gasteiger partial charge in [0.15, 0.2) is 0 Å². The third-order valence-electron chi connectivity index (χ3n) is 4.56. The fourth-order valence-electron chi connectivity index (χ4n) is 2.76. The molecule has 0 aromatic heterocycles. The van der Waals surface area contributed by atoms with Crippen molar-refractivity contribution in [2.75, 3.05) is 24.6 Å². The van der Waals surface area contributed by atoms with Gasteiger partial charge in [-0.05, 0) is 67.3 Å². The second-order valence-electron chi connectivity index (χ2n) is 7.17. The number of phenolic OH excluding ortho intramolecular Hbond substituents is 2. The zero-order chi connectivity index (χ0) is 26.5. The number of halogens is 2. The number of amides is 2. The first-order chi connectivity index (χ1) is 17.2. The molecule has 0 fully saturated rings. The van der Waals surface area contributed by atoms with Crippen LogP contribution in [0.1, 0.15) is 11.1 Å². The van der Waals surface area contributed by atoms with E-state index >= 15 is 0 Å². The summed E-state index contributed by atoms with van der Waals surface area (Å²) in [5, 5.41) is 49.0. The highest BCUT2D eigenvalue weighted by molar-refractivity contribution is 9.10. The average molecular weight is 664 g/mol. The lowest BCUT2D eigenvalue weighted by molar-refractivity contribution is -0.115. The average Bonchev–Trinajstić information content (AvgIpc) is 2.86. The van der Waals surface area contributed by atoms with Crippen LogP contribution >= 0.6 is 53.4 Å². The van der Waals surface area contributed by atoms with E-state index in [1.54, 1.807) is 24.3 Å². The van der Waals surface area contributed by atoms with Gasteiger partial charge < -0.3 is 31.3 Å². The number of oxime groups is 2. The van der Waals surface area contributed by atoms with Crippen LogP contribution in [0.15, 0.2) is 55.7 Å². The Morgan fingerprint density at radius 2 is 1.14 bits per heavy atom. The highest BCUT2D eigenvalue weighted by Gasteiger charge is 2.15. The molecule has 2 rings (SSSR count). The van der Waals surface area contributed by atoms with E-state index < -0.39 is 11.8 Å². The number of nitrogens with one attached hydrogen (secondary N) is 2. The Kier molecular flexibility index (Phi) is 12.9. The lowest BCUT2D eigenvalue weighted by Crippen LogP contribution is -2.34. The number of rotatable bonds is 13. The van der Waals surface area contributed by atoms with Crippen molar-refractivity contribution >= 4 is 76.7 Å². The molecule has 0 aliphatic rings. The third kappa shape index (κ3) is 9.91. The summed E-state index contributed by atoms with van der Waals surface area (Å²) in [5.74, 6) is 0.348. The molecule has 0 unspecified atom stereocenters. The summed E-state index contributed by atoms with van der Waals surface area (Å²) in [6.07, 6.45) is 0.206. The van der Waals surface area contributed by atoms with E-state index in [1.807, 2.05) is 0 Å². The first-order valence-electron chi connectivity index (χ1n) is 10.4. The summed E-state index contributed by atoms with van der Waals surface area (Å²) < 4.78 is 0.959. The van der Waals surface area contributed by atoms with Crippen LogP contribution in [0.3, 0.4) is 0 Å². The lowest BCUT2D eigenvalue weighted by Gasteiger charge is -2.08. The van der Waals surface area contributed by atoms with E-state index in [-0.39, 0.29) is 35.8 Å².